The molecule has 0 unspecified atom stereocenters. The maximum atomic E-state index is 11.3. The smallest absolute Gasteiger partial charge is 0.333 e. The summed E-state index contributed by atoms with van der Waals surface area (Å²) < 4.78 is 5.03. The molecule has 0 bridgehead atoms. The van der Waals surface area contributed by atoms with Crippen molar-refractivity contribution in [2.45, 2.75) is 37.6 Å². The van der Waals surface area contributed by atoms with Crippen LogP contribution in [0.15, 0.2) is 18.2 Å². The number of anilines is 1. The van der Waals surface area contributed by atoms with E-state index in [9.17, 15) is 14.9 Å². The van der Waals surface area contributed by atoms with Crippen LogP contribution in [0.3, 0.4) is 0 Å². The first kappa shape index (κ1) is 15.1. The van der Waals surface area contributed by atoms with E-state index in [1.165, 1.54) is 13.2 Å². The van der Waals surface area contributed by atoms with Crippen LogP contribution in [0.2, 0.25) is 0 Å². The van der Waals surface area contributed by atoms with Gasteiger partial charge in [0.05, 0.1) is 18.5 Å². The molecule has 2 rings (SSSR count). The monoisotopic (exact) mass is 294 g/mol. The highest BCUT2D eigenvalue weighted by molar-refractivity contribution is 5.73. The van der Waals surface area contributed by atoms with E-state index >= 15 is 0 Å². The summed E-state index contributed by atoms with van der Waals surface area (Å²) in [6.45, 7) is 0. The molecule has 1 aromatic carbocycles. The average Bonchev–Trinajstić information content (AvgIpc) is 2.85. The first-order valence-corrected chi connectivity index (χ1v) is 6.79. The molecule has 1 fully saturated rings. The second-order valence-electron chi connectivity index (χ2n) is 5.30. The van der Waals surface area contributed by atoms with Crippen molar-refractivity contribution in [3.05, 3.63) is 28.3 Å². The van der Waals surface area contributed by atoms with E-state index < -0.39 is 16.4 Å². The molecule has 1 aliphatic carbocycles. The van der Waals surface area contributed by atoms with Gasteiger partial charge in [-0.2, -0.15) is 0 Å². The molecular weight excluding hydrogens is 276 g/mol. The van der Waals surface area contributed by atoms with Gasteiger partial charge < -0.3 is 15.2 Å². The van der Waals surface area contributed by atoms with Gasteiger partial charge in [-0.3, -0.25) is 14.9 Å². The highest BCUT2D eigenvalue weighted by Crippen LogP contribution is 2.41. The summed E-state index contributed by atoms with van der Waals surface area (Å²) in [6, 6.07) is 4.75. The summed E-state index contributed by atoms with van der Waals surface area (Å²) in [5, 5.41) is 23.5. The highest BCUT2D eigenvalue weighted by atomic mass is 16.6. The average molecular weight is 294 g/mol. The number of carboxylic acid groups (broad SMARTS) is 1. The molecule has 114 valence electrons. The summed E-state index contributed by atoms with van der Waals surface area (Å²) >= 11 is 0. The molecule has 0 saturated heterocycles. The zero-order valence-electron chi connectivity index (χ0n) is 11.8. The Morgan fingerprint density at radius 2 is 2.14 bits per heavy atom. The number of nitro benzene ring substituents is 1. The number of nitro groups is 1. The van der Waals surface area contributed by atoms with Crippen molar-refractivity contribution < 1.29 is 19.6 Å². The number of hydrogen-bond acceptors (Lipinski definition) is 5. The summed E-state index contributed by atoms with van der Waals surface area (Å²) in [6.07, 6.45) is 3.15. The van der Waals surface area contributed by atoms with Gasteiger partial charge in [0.1, 0.15) is 5.69 Å². The minimum absolute atomic E-state index is 0.0542. The van der Waals surface area contributed by atoms with Gasteiger partial charge in [0.15, 0.2) is 5.75 Å². The van der Waals surface area contributed by atoms with Crippen LogP contribution in [0.4, 0.5) is 11.4 Å². The molecule has 0 spiro atoms. The normalized spacial score (nSPS) is 16.4. The molecule has 7 heteroatoms. The number of para-hydroxylation sites is 1. The molecule has 21 heavy (non-hydrogen) atoms. The first-order valence-electron chi connectivity index (χ1n) is 6.79. The molecule has 0 atom stereocenters. The Morgan fingerprint density at radius 1 is 1.48 bits per heavy atom. The third-order valence-electron chi connectivity index (χ3n) is 3.85. The SMILES string of the molecule is COc1cccc(NC2(CC(=O)O)CCCC2)c1[N+](=O)[O-]. The van der Waals surface area contributed by atoms with Crippen LogP contribution in [-0.4, -0.2) is 28.6 Å². The van der Waals surface area contributed by atoms with Crippen LogP contribution in [-0.2, 0) is 4.79 Å². The number of hydrogen-bond donors (Lipinski definition) is 2. The first-order chi connectivity index (χ1) is 9.97. The van der Waals surface area contributed by atoms with E-state index in [2.05, 4.69) is 5.32 Å². The second kappa shape index (κ2) is 5.99. The molecule has 1 aromatic rings. The lowest BCUT2D eigenvalue weighted by Gasteiger charge is -2.29. The molecular formula is C14H18N2O5. The Hall–Kier alpha value is -2.31. The van der Waals surface area contributed by atoms with Gasteiger partial charge in [-0.25, -0.2) is 0 Å². The van der Waals surface area contributed by atoms with Gasteiger partial charge in [-0.15, -0.1) is 0 Å². The van der Waals surface area contributed by atoms with Crippen LogP contribution in [0, 0.1) is 10.1 Å². The third-order valence-corrected chi connectivity index (χ3v) is 3.85. The summed E-state index contributed by atoms with van der Waals surface area (Å²) in [4.78, 5) is 21.9. The third kappa shape index (κ3) is 3.24. The van der Waals surface area contributed by atoms with Gasteiger partial charge in [0.25, 0.3) is 0 Å². The van der Waals surface area contributed by atoms with E-state index in [0.29, 0.717) is 18.5 Å². The summed E-state index contributed by atoms with van der Waals surface area (Å²) in [5.74, 6) is -0.747. The van der Waals surface area contributed by atoms with Crippen molar-refractivity contribution in [3.8, 4) is 5.75 Å². The predicted octanol–water partition coefficient (Wildman–Crippen LogP) is 2.80. The van der Waals surface area contributed by atoms with Gasteiger partial charge in [0, 0.05) is 5.54 Å². The lowest BCUT2D eigenvalue weighted by atomic mass is 9.92. The molecule has 1 aliphatic rings. The van der Waals surface area contributed by atoms with Gasteiger partial charge >= 0.3 is 11.7 Å². The number of carboxylic acids is 1. The van der Waals surface area contributed by atoms with E-state index in [1.54, 1.807) is 12.1 Å². The number of methoxy groups -OCH3 is 1. The number of aliphatic carboxylic acids is 1. The lowest BCUT2D eigenvalue weighted by molar-refractivity contribution is -0.384. The molecule has 0 radical (unpaired) electrons. The Morgan fingerprint density at radius 3 is 2.67 bits per heavy atom. The Bertz CT molecular complexity index is 552. The Balaban J connectivity index is 2.37. The molecule has 0 amide bonds. The van der Waals surface area contributed by atoms with Crippen LogP contribution < -0.4 is 10.1 Å². The van der Waals surface area contributed by atoms with Crippen LogP contribution in [0.5, 0.6) is 5.75 Å². The maximum Gasteiger partial charge on any atom is 0.333 e. The van der Waals surface area contributed by atoms with Crippen molar-refractivity contribution in [3.63, 3.8) is 0 Å². The molecule has 1 saturated carbocycles. The maximum absolute atomic E-state index is 11.3. The number of ether oxygens (including phenoxy) is 1. The topological polar surface area (TPSA) is 102 Å². The van der Waals surface area contributed by atoms with Gasteiger partial charge in [-0.1, -0.05) is 18.9 Å². The van der Waals surface area contributed by atoms with Crippen LogP contribution >= 0.6 is 0 Å². The quantitative estimate of drug-likeness (QED) is 0.618. The molecule has 0 aromatic heterocycles. The van der Waals surface area contributed by atoms with E-state index in [1.807, 2.05) is 0 Å². The molecule has 0 aliphatic heterocycles. The Labute approximate surface area is 122 Å². The van der Waals surface area contributed by atoms with Crippen molar-refractivity contribution in [2.24, 2.45) is 0 Å². The van der Waals surface area contributed by atoms with Crippen molar-refractivity contribution in [1.29, 1.82) is 0 Å². The van der Waals surface area contributed by atoms with E-state index in [-0.39, 0.29) is 17.9 Å². The number of nitrogens with one attached hydrogen (secondary N) is 1. The standard InChI is InChI=1S/C14H18N2O5/c1-21-11-6-4-5-10(13(11)16(19)20)15-14(9-12(17)18)7-2-3-8-14/h4-6,15H,2-3,7-9H2,1H3,(H,17,18). The Kier molecular flexibility index (Phi) is 4.30. The second-order valence-corrected chi connectivity index (χ2v) is 5.30. The molecule has 7 nitrogen and oxygen atoms in total. The molecule has 2 N–H and O–H groups in total. The number of rotatable bonds is 6. The van der Waals surface area contributed by atoms with E-state index in [4.69, 9.17) is 9.84 Å². The van der Waals surface area contributed by atoms with E-state index in [0.717, 1.165) is 12.8 Å². The fourth-order valence-corrected chi connectivity index (χ4v) is 2.95. The van der Waals surface area contributed by atoms with Crippen LogP contribution in [0.1, 0.15) is 32.1 Å². The van der Waals surface area contributed by atoms with Crippen molar-refractivity contribution >= 4 is 17.3 Å². The predicted molar refractivity (Wildman–Crippen MR) is 76.7 cm³/mol. The number of carbonyl (C=O) groups is 1. The molecule has 0 heterocycles. The minimum atomic E-state index is -0.907. The summed E-state index contributed by atoms with van der Waals surface area (Å²) in [5.41, 5.74) is -0.470. The van der Waals surface area contributed by atoms with Gasteiger partial charge in [0.2, 0.25) is 0 Å². The fourth-order valence-electron chi connectivity index (χ4n) is 2.95. The lowest BCUT2D eigenvalue weighted by Crippen LogP contribution is -2.37. The number of benzene rings is 1. The van der Waals surface area contributed by atoms with Crippen molar-refractivity contribution in [1.82, 2.24) is 0 Å². The number of nitrogens with zero attached hydrogens (tertiary/aromatic N) is 1. The summed E-state index contributed by atoms with van der Waals surface area (Å²) in [7, 11) is 1.37. The van der Waals surface area contributed by atoms with Gasteiger partial charge in [-0.05, 0) is 25.0 Å². The van der Waals surface area contributed by atoms with Crippen molar-refractivity contribution in [2.75, 3.05) is 12.4 Å². The largest absolute Gasteiger partial charge is 0.490 e. The fraction of sp³-hybridized carbons (Fsp3) is 0.500. The zero-order valence-corrected chi connectivity index (χ0v) is 11.8. The highest BCUT2D eigenvalue weighted by Gasteiger charge is 2.38. The zero-order chi connectivity index (χ0) is 15.5. The minimum Gasteiger partial charge on any atom is -0.490 e. The van der Waals surface area contributed by atoms with Crippen LogP contribution in [0.25, 0.3) is 0 Å².